The molecule has 7 nitrogen and oxygen atoms in total. The standard InChI is InChI=1S/C12H25N3O4S/c1-19-12(16)14-20(17,18)15(10-6-9-13)11-7-4-2-3-5-8-11/h11H,2-10,13H2,1H3,(H,14,16). The normalized spacial score (nSPS) is 17.8. The van der Waals surface area contributed by atoms with Crippen molar-refractivity contribution in [2.45, 2.75) is 51.0 Å². The number of carbonyl (C=O) groups is 1. The first kappa shape index (κ1) is 17.2. The number of nitrogens with two attached hydrogens (primary N) is 1. The second kappa shape index (κ2) is 8.43. The molecule has 1 aliphatic rings. The van der Waals surface area contributed by atoms with E-state index < -0.39 is 16.3 Å². The molecular weight excluding hydrogens is 282 g/mol. The van der Waals surface area contributed by atoms with E-state index in [0.717, 1.165) is 45.6 Å². The van der Waals surface area contributed by atoms with Crippen LogP contribution >= 0.6 is 0 Å². The van der Waals surface area contributed by atoms with Crippen LogP contribution in [0.5, 0.6) is 0 Å². The molecule has 1 saturated carbocycles. The van der Waals surface area contributed by atoms with Crippen molar-refractivity contribution in [1.82, 2.24) is 9.03 Å². The molecule has 8 heteroatoms. The van der Waals surface area contributed by atoms with Gasteiger partial charge < -0.3 is 10.5 Å². The van der Waals surface area contributed by atoms with Gasteiger partial charge in [0.1, 0.15) is 0 Å². The van der Waals surface area contributed by atoms with E-state index in [0.29, 0.717) is 19.5 Å². The maximum atomic E-state index is 12.3. The van der Waals surface area contributed by atoms with Crippen molar-refractivity contribution in [2.24, 2.45) is 5.73 Å². The molecule has 0 aromatic carbocycles. The van der Waals surface area contributed by atoms with Crippen molar-refractivity contribution < 1.29 is 17.9 Å². The maximum Gasteiger partial charge on any atom is 0.421 e. The van der Waals surface area contributed by atoms with Gasteiger partial charge >= 0.3 is 16.3 Å². The van der Waals surface area contributed by atoms with Gasteiger partial charge in [-0.3, -0.25) is 0 Å². The van der Waals surface area contributed by atoms with Gasteiger partial charge in [0.05, 0.1) is 7.11 Å². The van der Waals surface area contributed by atoms with Gasteiger partial charge in [0, 0.05) is 12.6 Å². The van der Waals surface area contributed by atoms with Gasteiger partial charge in [-0.15, -0.1) is 0 Å². The fourth-order valence-electron chi connectivity index (χ4n) is 2.50. The molecule has 118 valence electrons. The third kappa shape index (κ3) is 5.26. The highest BCUT2D eigenvalue weighted by Gasteiger charge is 2.31. The second-order valence-corrected chi connectivity index (χ2v) is 6.62. The molecule has 1 aliphatic carbocycles. The van der Waals surface area contributed by atoms with Crippen molar-refractivity contribution in [2.75, 3.05) is 20.2 Å². The Kier molecular flexibility index (Phi) is 7.25. The molecule has 1 rings (SSSR count). The Morgan fingerprint density at radius 2 is 1.90 bits per heavy atom. The molecule has 0 radical (unpaired) electrons. The predicted octanol–water partition coefficient (Wildman–Crippen LogP) is 0.961. The molecule has 0 unspecified atom stereocenters. The number of carbonyl (C=O) groups excluding carboxylic acids is 1. The Morgan fingerprint density at radius 1 is 1.30 bits per heavy atom. The number of nitrogens with one attached hydrogen (secondary N) is 1. The summed E-state index contributed by atoms with van der Waals surface area (Å²) in [6, 6.07) is -0.0637. The fourth-order valence-corrected chi connectivity index (χ4v) is 3.88. The van der Waals surface area contributed by atoms with Gasteiger partial charge in [0.25, 0.3) is 0 Å². The fraction of sp³-hybridized carbons (Fsp3) is 0.917. The zero-order valence-corrected chi connectivity index (χ0v) is 12.8. The number of ether oxygens (including phenoxy) is 1. The number of amides is 1. The van der Waals surface area contributed by atoms with Crippen LogP contribution in [0.4, 0.5) is 4.79 Å². The summed E-state index contributed by atoms with van der Waals surface area (Å²) in [5.41, 5.74) is 5.47. The SMILES string of the molecule is COC(=O)NS(=O)(=O)N(CCCN)C1CCCCCC1. The van der Waals surface area contributed by atoms with E-state index in [4.69, 9.17) is 5.73 Å². The zero-order chi connectivity index (χ0) is 15.0. The molecule has 3 N–H and O–H groups in total. The van der Waals surface area contributed by atoms with Crippen LogP contribution in [0, 0.1) is 0 Å². The molecule has 0 atom stereocenters. The lowest BCUT2D eigenvalue weighted by atomic mass is 10.1. The van der Waals surface area contributed by atoms with E-state index in [-0.39, 0.29) is 6.04 Å². The summed E-state index contributed by atoms with van der Waals surface area (Å²) in [6.07, 6.45) is 5.54. The highest BCUT2D eigenvalue weighted by molar-refractivity contribution is 7.87. The first-order chi connectivity index (χ1) is 9.51. The molecule has 20 heavy (non-hydrogen) atoms. The highest BCUT2D eigenvalue weighted by Crippen LogP contribution is 2.23. The Hall–Kier alpha value is -0.860. The minimum Gasteiger partial charge on any atom is -0.452 e. The molecule has 0 bridgehead atoms. The average Bonchev–Trinajstić information content (AvgIpc) is 2.67. The van der Waals surface area contributed by atoms with Gasteiger partial charge in [0.15, 0.2) is 0 Å². The van der Waals surface area contributed by atoms with Crippen LogP contribution < -0.4 is 10.5 Å². The molecule has 0 heterocycles. The van der Waals surface area contributed by atoms with E-state index >= 15 is 0 Å². The number of rotatable bonds is 6. The van der Waals surface area contributed by atoms with Crippen molar-refractivity contribution in [3.63, 3.8) is 0 Å². The number of nitrogens with zero attached hydrogens (tertiary/aromatic N) is 1. The topological polar surface area (TPSA) is 102 Å². The number of hydrogen-bond acceptors (Lipinski definition) is 5. The van der Waals surface area contributed by atoms with Gasteiger partial charge in [0.2, 0.25) is 0 Å². The molecule has 0 saturated heterocycles. The van der Waals surface area contributed by atoms with Crippen molar-refractivity contribution in [3.05, 3.63) is 0 Å². The Balaban J connectivity index is 2.82. The van der Waals surface area contributed by atoms with Crippen LogP contribution in [0.15, 0.2) is 0 Å². The van der Waals surface area contributed by atoms with Crippen LogP contribution in [0.1, 0.15) is 44.9 Å². The van der Waals surface area contributed by atoms with E-state index in [1.165, 1.54) is 4.31 Å². The summed E-state index contributed by atoms with van der Waals surface area (Å²) in [5, 5.41) is 0. The number of hydrogen-bond donors (Lipinski definition) is 2. The van der Waals surface area contributed by atoms with Gasteiger partial charge in [-0.2, -0.15) is 12.7 Å². The quantitative estimate of drug-likeness (QED) is 0.712. The minimum atomic E-state index is -3.87. The predicted molar refractivity (Wildman–Crippen MR) is 76.3 cm³/mol. The lowest BCUT2D eigenvalue weighted by Crippen LogP contribution is -2.49. The lowest BCUT2D eigenvalue weighted by molar-refractivity contribution is 0.176. The third-order valence-electron chi connectivity index (χ3n) is 3.52. The molecule has 0 aromatic rings. The van der Waals surface area contributed by atoms with Crippen LogP contribution in [-0.4, -0.2) is 45.1 Å². The Labute approximate surface area is 121 Å². The zero-order valence-electron chi connectivity index (χ0n) is 12.0. The van der Waals surface area contributed by atoms with Crippen LogP contribution in [-0.2, 0) is 14.9 Å². The molecule has 0 aliphatic heterocycles. The first-order valence-corrected chi connectivity index (χ1v) is 8.53. The average molecular weight is 307 g/mol. The Bertz CT molecular complexity index is 392. The van der Waals surface area contributed by atoms with Crippen LogP contribution in [0.25, 0.3) is 0 Å². The van der Waals surface area contributed by atoms with Crippen LogP contribution in [0.3, 0.4) is 0 Å². The summed E-state index contributed by atoms with van der Waals surface area (Å²) < 4.78 is 32.3. The summed E-state index contributed by atoms with van der Waals surface area (Å²) in [6.45, 7) is 0.741. The van der Waals surface area contributed by atoms with E-state index in [2.05, 4.69) is 4.74 Å². The summed E-state index contributed by atoms with van der Waals surface area (Å²) in [5.74, 6) is 0. The molecule has 0 spiro atoms. The highest BCUT2D eigenvalue weighted by atomic mass is 32.2. The van der Waals surface area contributed by atoms with E-state index in [1.54, 1.807) is 0 Å². The first-order valence-electron chi connectivity index (χ1n) is 7.09. The summed E-state index contributed by atoms with van der Waals surface area (Å²) in [4.78, 5) is 11.2. The van der Waals surface area contributed by atoms with Crippen molar-refractivity contribution in [1.29, 1.82) is 0 Å². The number of methoxy groups -OCH3 is 1. The summed E-state index contributed by atoms with van der Waals surface area (Å²) >= 11 is 0. The largest absolute Gasteiger partial charge is 0.452 e. The summed E-state index contributed by atoms with van der Waals surface area (Å²) in [7, 11) is -2.73. The smallest absolute Gasteiger partial charge is 0.421 e. The van der Waals surface area contributed by atoms with E-state index in [9.17, 15) is 13.2 Å². The Morgan fingerprint density at radius 3 is 2.40 bits per heavy atom. The second-order valence-electron chi connectivity index (χ2n) is 5.00. The minimum absolute atomic E-state index is 0.0637. The molecule has 0 aromatic heterocycles. The third-order valence-corrected chi connectivity index (χ3v) is 5.04. The van der Waals surface area contributed by atoms with Crippen molar-refractivity contribution >= 4 is 16.3 Å². The molecule has 1 fully saturated rings. The maximum absolute atomic E-state index is 12.3. The lowest BCUT2D eigenvalue weighted by Gasteiger charge is -2.29. The molecule has 1 amide bonds. The van der Waals surface area contributed by atoms with Crippen molar-refractivity contribution in [3.8, 4) is 0 Å². The van der Waals surface area contributed by atoms with Crippen LogP contribution in [0.2, 0.25) is 0 Å². The van der Waals surface area contributed by atoms with Gasteiger partial charge in [-0.05, 0) is 25.8 Å². The molecular formula is C12H25N3O4S. The monoisotopic (exact) mass is 307 g/mol. The van der Waals surface area contributed by atoms with Gasteiger partial charge in [-0.25, -0.2) is 9.52 Å². The van der Waals surface area contributed by atoms with E-state index in [1.807, 2.05) is 4.72 Å². The van der Waals surface area contributed by atoms with Gasteiger partial charge in [-0.1, -0.05) is 25.7 Å².